The lowest BCUT2D eigenvalue weighted by atomic mass is 9.96. The summed E-state index contributed by atoms with van der Waals surface area (Å²) in [6.07, 6.45) is 6.33. The summed E-state index contributed by atoms with van der Waals surface area (Å²) < 4.78 is 14.1. The zero-order chi connectivity index (χ0) is 12.7. The summed E-state index contributed by atoms with van der Waals surface area (Å²) in [5.74, 6) is -0.483. The van der Waals surface area contributed by atoms with E-state index in [1.165, 1.54) is 0 Å². The van der Waals surface area contributed by atoms with E-state index in [-0.39, 0.29) is 24.3 Å². The van der Waals surface area contributed by atoms with Gasteiger partial charge in [-0.25, -0.2) is 4.39 Å². The van der Waals surface area contributed by atoms with Crippen LogP contribution in [0, 0.1) is 0 Å². The highest BCUT2D eigenvalue weighted by atomic mass is 19.1. The maximum absolute atomic E-state index is 14.1. The van der Waals surface area contributed by atoms with Crippen molar-refractivity contribution >= 4 is 5.91 Å². The van der Waals surface area contributed by atoms with Gasteiger partial charge in [0.15, 0.2) is 0 Å². The van der Waals surface area contributed by atoms with Crippen LogP contribution in [0.3, 0.4) is 0 Å². The van der Waals surface area contributed by atoms with E-state index in [1.807, 2.05) is 11.0 Å². The van der Waals surface area contributed by atoms with Crippen LogP contribution in [0.25, 0.3) is 0 Å². The number of nitrogens with two attached hydrogens (primary N) is 1. The molecule has 2 fully saturated rings. The van der Waals surface area contributed by atoms with Gasteiger partial charge in [-0.1, -0.05) is 6.08 Å². The Balaban J connectivity index is 1.93. The number of hydrogen-bond donors (Lipinski definition) is 1. The maximum atomic E-state index is 14.1. The summed E-state index contributed by atoms with van der Waals surface area (Å²) in [6, 6.07) is 0.324. The lowest BCUT2D eigenvalue weighted by molar-refractivity contribution is -0.120. The number of halogens is 1. The van der Waals surface area contributed by atoms with Crippen LogP contribution in [-0.4, -0.2) is 47.4 Å². The smallest absolute Gasteiger partial charge is 0.231 e. The molecule has 0 unspecified atom stereocenters. The molecular weight excluding hydrogens is 233 g/mol. The topological polar surface area (TPSA) is 49.6 Å². The Morgan fingerprint density at radius 3 is 3.17 bits per heavy atom. The third kappa shape index (κ3) is 1.82. The zero-order valence-corrected chi connectivity index (χ0v) is 10.3. The number of allylic oxidation sites excluding steroid dienone is 2. The van der Waals surface area contributed by atoms with Crippen molar-refractivity contribution in [2.45, 2.75) is 31.3 Å². The van der Waals surface area contributed by atoms with E-state index in [9.17, 15) is 9.18 Å². The van der Waals surface area contributed by atoms with Crippen LogP contribution in [0.1, 0.15) is 19.3 Å². The molecule has 18 heavy (non-hydrogen) atoms. The highest BCUT2D eigenvalue weighted by molar-refractivity contribution is 5.76. The fourth-order valence-electron chi connectivity index (χ4n) is 3.42. The molecule has 2 atom stereocenters. The molecule has 2 saturated heterocycles. The minimum Gasteiger partial charge on any atom is -0.369 e. The standard InChI is InChI=1S/C13H18FN3O/c14-10-4-1-5-11-13(10)17-6-2-3-9(17)7-16(11)8-12(15)18/h1,4,9,11H,2-3,5-8H2,(H2,15,18)/t9-,11-/m0/s1. The summed E-state index contributed by atoms with van der Waals surface area (Å²) in [4.78, 5) is 15.4. The van der Waals surface area contributed by atoms with Crippen molar-refractivity contribution < 1.29 is 9.18 Å². The molecule has 2 N–H and O–H groups in total. The third-order valence-electron chi connectivity index (χ3n) is 4.12. The number of amides is 1. The summed E-state index contributed by atoms with van der Waals surface area (Å²) in [5, 5.41) is 0. The van der Waals surface area contributed by atoms with Crippen LogP contribution in [0.5, 0.6) is 0 Å². The summed E-state index contributed by atoms with van der Waals surface area (Å²) in [6.45, 7) is 1.97. The molecule has 0 radical (unpaired) electrons. The second-order valence-electron chi connectivity index (χ2n) is 5.27. The van der Waals surface area contributed by atoms with Crippen LogP contribution in [0.2, 0.25) is 0 Å². The van der Waals surface area contributed by atoms with E-state index in [0.29, 0.717) is 6.04 Å². The summed E-state index contributed by atoms with van der Waals surface area (Å²) in [7, 11) is 0. The minimum atomic E-state index is -0.337. The molecule has 3 rings (SSSR count). The number of nitrogens with zero attached hydrogens (tertiary/aromatic N) is 2. The number of primary amides is 1. The monoisotopic (exact) mass is 251 g/mol. The highest BCUT2D eigenvalue weighted by Crippen LogP contribution is 2.37. The average molecular weight is 251 g/mol. The average Bonchev–Trinajstić information content (AvgIpc) is 2.76. The van der Waals surface area contributed by atoms with E-state index in [1.54, 1.807) is 6.08 Å². The molecule has 0 aromatic rings. The van der Waals surface area contributed by atoms with E-state index >= 15 is 0 Å². The van der Waals surface area contributed by atoms with Gasteiger partial charge in [0.1, 0.15) is 5.83 Å². The molecule has 2 heterocycles. The van der Waals surface area contributed by atoms with Crippen molar-refractivity contribution in [1.29, 1.82) is 0 Å². The quantitative estimate of drug-likeness (QED) is 0.788. The Bertz CT molecular complexity index is 432. The summed E-state index contributed by atoms with van der Waals surface area (Å²) >= 11 is 0. The third-order valence-corrected chi connectivity index (χ3v) is 4.12. The Kier molecular flexibility index (Phi) is 2.86. The predicted molar refractivity (Wildman–Crippen MR) is 66.2 cm³/mol. The molecule has 3 aliphatic rings. The lowest BCUT2D eigenvalue weighted by Crippen LogP contribution is -2.56. The van der Waals surface area contributed by atoms with Gasteiger partial charge in [0, 0.05) is 19.1 Å². The number of carbonyl (C=O) groups excluding carboxylic acids is 1. The molecule has 0 saturated carbocycles. The van der Waals surface area contributed by atoms with Gasteiger partial charge < -0.3 is 10.6 Å². The normalized spacial score (nSPS) is 31.5. The Morgan fingerprint density at radius 1 is 1.56 bits per heavy atom. The van der Waals surface area contributed by atoms with E-state index in [0.717, 1.165) is 38.0 Å². The fourth-order valence-corrected chi connectivity index (χ4v) is 3.42. The molecular formula is C13H18FN3O. The molecule has 4 nitrogen and oxygen atoms in total. The number of rotatable bonds is 2. The van der Waals surface area contributed by atoms with Crippen molar-refractivity contribution in [2.24, 2.45) is 5.73 Å². The molecule has 1 amide bonds. The van der Waals surface area contributed by atoms with E-state index in [2.05, 4.69) is 4.90 Å². The van der Waals surface area contributed by atoms with Crippen molar-refractivity contribution in [1.82, 2.24) is 9.80 Å². The second-order valence-corrected chi connectivity index (χ2v) is 5.27. The first-order chi connectivity index (χ1) is 8.66. The van der Waals surface area contributed by atoms with Crippen LogP contribution in [0.4, 0.5) is 4.39 Å². The van der Waals surface area contributed by atoms with Crippen molar-refractivity contribution in [2.75, 3.05) is 19.6 Å². The predicted octanol–water partition coefficient (Wildman–Crippen LogP) is 0.761. The second kappa shape index (κ2) is 4.39. The van der Waals surface area contributed by atoms with Gasteiger partial charge >= 0.3 is 0 Å². The summed E-state index contributed by atoms with van der Waals surface area (Å²) in [5.41, 5.74) is 6.07. The van der Waals surface area contributed by atoms with Gasteiger partial charge in [-0.2, -0.15) is 0 Å². The van der Waals surface area contributed by atoms with Gasteiger partial charge in [-0.3, -0.25) is 9.69 Å². The molecule has 98 valence electrons. The maximum Gasteiger partial charge on any atom is 0.231 e. The first kappa shape index (κ1) is 11.7. The van der Waals surface area contributed by atoms with Crippen molar-refractivity contribution in [3.05, 3.63) is 23.7 Å². The van der Waals surface area contributed by atoms with Crippen LogP contribution < -0.4 is 5.73 Å². The van der Waals surface area contributed by atoms with Crippen LogP contribution >= 0.6 is 0 Å². The Labute approximate surface area is 106 Å². The van der Waals surface area contributed by atoms with Crippen molar-refractivity contribution in [3.8, 4) is 0 Å². The largest absolute Gasteiger partial charge is 0.369 e. The molecule has 1 aliphatic carbocycles. The van der Waals surface area contributed by atoms with E-state index < -0.39 is 0 Å². The van der Waals surface area contributed by atoms with Gasteiger partial charge in [-0.05, 0) is 25.3 Å². The molecule has 0 aromatic carbocycles. The van der Waals surface area contributed by atoms with E-state index in [4.69, 9.17) is 5.73 Å². The van der Waals surface area contributed by atoms with Crippen LogP contribution in [-0.2, 0) is 4.79 Å². The lowest BCUT2D eigenvalue weighted by Gasteiger charge is -2.46. The van der Waals surface area contributed by atoms with Gasteiger partial charge in [0.2, 0.25) is 5.91 Å². The van der Waals surface area contributed by atoms with Gasteiger partial charge in [0.05, 0.1) is 18.3 Å². The SMILES string of the molecule is NC(=O)CN1C[C@@H]2CCCN2C2=C(F)C=CC[C@@H]21. The van der Waals surface area contributed by atoms with Gasteiger partial charge in [0.25, 0.3) is 0 Å². The molecule has 5 heteroatoms. The first-order valence-electron chi connectivity index (χ1n) is 6.52. The number of piperazine rings is 1. The first-order valence-corrected chi connectivity index (χ1v) is 6.52. The number of fused-ring (bicyclic) bond motifs is 3. The highest BCUT2D eigenvalue weighted by Gasteiger charge is 2.41. The minimum absolute atomic E-state index is 0.0168. The number of hydrogen-bond acceptors (Lipinski definition) is 3. The van der Waals surface area contributed by atoms with Gasteiger partial charge in [-0.15, -0.1) is 0 Å². The fraction of sp³-hybridized carbons (Fsp3) is 0.615. The van der Waals surface area contributed by atoms with Crippen LogP contribution in [0.15, 0.2) is 23.7 Å². The van der Waals surface area contributed by atoms with Crippen molar-refractivity contribution in [3.63, 3.8) is 0 Å². The molecule has 0 spiro atoms. The Morgan fingerprint density at radius 2 is 2.39 bits per heavy atom. The molecule has 0 aromatic heterocycles. The molecule has 2 aliphatic heterocycles. The molecule has 0 bridgehead atoms. The number of carbonyl (C=O) groups is 1. The zero-order valence-electron chi connectivity index (χ0n) is 10.3. The Hall–Kier alpha value is -1.36.